The average molecular weight is 250 g/mol. The number of nitrogens with zero attached hydrogens (tertiary/aromatic N) is 1. The molecule has 4 nitrogen and oxygen atoms in total. The van der Waals surface area contributed by atoms with E-state index in [-0.39, 0.29) is 17.2 Å². The molecule has 1 aliphatic rings. The Kier molecular flexibility index (Phi) is 3.76. The van der Waals surface area contributed by atoms with Gasteiger partial charge in [-0.25, -0.2) is 0 Å². The third kappa shape index (κ3) is 3.13. The number of piperidine rings is 1. The number of hydrogen-bond acceptors (Lipinski definition) is 3. The molecule has 0 unspecified atom stereocenters. The third-order valence-corrected chi connectivity index (χ3v) is 3.20. The molecular formula is C14H22N2O2. The van der Waals surface area contributed by atoms with Crippen LogP contribution in [0.1, 0.15) is 33.6 Å². The van der Waals surface area contributed by atoms with E-state index in [1.165, 1.54) is 0 Å². The lowest BCUT2D eigenvalue weighted by atomic mass is 10.1. The molecule has 2 rings (SSSR count). The summed E-state index contributed by atoms with van der Waals surface area (Å²) < 4.78 is 7.57. The lowest BCUT2D eigenvalue weighted by molar-refractivity contribution is 0.161. The van der Waals surface area contributed by atoms with Gasteiger partial charge in [0.25, 0.3) is 5.56 Å². The first-order chi connectivity index (χ1) is 8.47. The molecule has 0 saturated carbocycles. The molecule has 0 amide bonds. The molecule has 0 spiro atoms. The molecule has 18 heavy (non-hydrogen) atoms. The Balaban J connectivity index is 2.11. The van der Waals surface area contributed by atoms with Gasteiger partial charge in [0.2, 0.25) is 0 Å². The number of pyridine rings is 1. The molecule has 1 aromatic heterocycles. The quantitative estimate of drug-likeness (QED) is 0.869. The van der Waals surface area contributed by atoms with E-state index in [0.717, 1.165) is 25.9 Å². The lowest BCUT2D eigenvalue weighted by Crippen LogP contribution is -2.35. The van der Waals surface area contributed by atoms with E-state index in [1.807, 2.05) is 33.0 Å². The van der Waals surface area contributed by atoms with E-state index in [0.29, 0.717) is 5.75 Å². The van der Waals surface area contributed by atoms with Crippen LogP contribution in [0.2, 0.25) is 0 Å². The summed E-state index contributed by atoms with van der Waals surface area (Å²) in [6.45, 7) is 8.03. The standard InChI is InChI=1S/C14H22N2O2/c1-14(2,3)16-9-6-12(10-13(16)17)18-11-4-7-15-8-5-11/h6,9-11,15H,4-5,7-8H2,1-3H3. The summed E-state index contributed by atoms with van der Waals surface area (Å²) in [5.74, 6) is 0.687. The number of nitrogens with one attached hydrogen (secondary N) is 1. The highest BCUT2D eigenvalue weighted by molar-refractivity contribution is 5.19. The van der Waals surface area contributed by atoms with E-state index < -0.39 is 0 Å². The van der Waals surface area contributed by atoms with Crippen LogP contribution in [0.5, 0.6) is 5.75 Å². The van der Waals surface area contributed by atoms with Crippen molar-refractivity contribution >= 4 is 0 Å². The zero-order valence-corrected chi connectivity index (χ0v) is 11.4. The van der Waals surface area contributed by atoms with Crippen molar-refractivity contribution in [2.75, 3.05) is 13.1 Å². The Morgan fingerprint density at radius 3 is 2.56 bits per heavy atom. The first-order valence-electron chi connectivity index (χ1n) is 6.57. The fraction of sp³-hybridized carbons (Fsp3) is 0.643. The molecule has 1 aliphatic heterocycles. The largest absolute Gasteiger partial charge is 0.490 e. The van der Waals surface area contributed by atoms with Gasteiger partial charge in [-0.3, -0.25) is 4.79 Å². The predicted octanol–water partition coefficient (Wildman–Crippen LogP) is 1.73. The summed E-state index contributed by atoms with van der Waals surface area (Å²) in [7, 11) is 0. The van der Waals surface area contributed by atoms with Crippen molar-refractivity contribution in [3.8, 4) is 5.75 Å². The lowest BCUT2D eigenvalue weighted by Gasteiger charge is -2.25. The van der Waals surface area contributed by atoms with Crippen LogP contribution in [0.4, 0.5) is 0 Å². The van der Waals surface area contributed by atoms with Gasteiger partial charge in [0.15, 0.2) is 0 Å². The fourth-order valence-corrected chi connectivity index (χ4v) is 2.19. The van der Waals surface area contributed by atoms with Crippen LogP contribution < -0.4 is 15.6 Å². The van der Waals surface area contributed by atoms with Crippen molar-refractivity contribution in [3.63, 3.8) is 0 Å². The summed E-state index contributed by atoms with van der Waals surface area (Å²) in [4.78, 5) is 12.0. The van der Waals surface area contributed by atoms with E-state index >= 15 is 0 Å². The maximum Gasteiger partial charge on any atom is 0.254 e. The number of hydrogen-bond donors (Lipinski definition) is 1. The topological polar surface area (TPSA) is 43.3 Å². The molecule has 1 fully saturated rings. The molecule has 1 saturated heterocycles. The van der Waals surface area contributed by atoms with Crippen LogP contribution in [-0.4, -0.2) is 23.8 Å². The summed E-state index contributed by atoms with van der Waals surface area (Å²) in [5, 5.41) is 3.30. The molecule has 1 aromatic rings. The van der Waals surface area contributed by atoms with Crippen LogP contribution in [0.3, 0.4) is 0 Å². The molecule has 0 bridgehead atoms. The SMILES string of the molecule is CC(C)(C)n1ccc(OC2CCNCC2)cc1=O. The molecule has 0 atom stereocenters. The van der Waals surface area contributed by atoms with Gasteiger partial charge in [-0.1, -0.05) is 0 Å². The van der Waals surface area contributed by atoms with Crippen LogP contribution in [0, 0.1) is 0 Å². The van der Waals surface area contributed by atoms with Gasteiger partial charge in [-0.2, -0.15) is 0 Å². The predicted molar refractivity (Wildman–Crippen MR) is 72.2 cm³/mol. The summed E-state index contributed by atoms with van der Waals surface area (Å²) in [6.07, 6.45) is 4.06. The van der Waals surface area contributed by atoms with Gasteiger partial charge in [0, 0.05) is 17.8 Å². The smallest absolute Gasteiger partial charge is 0.254 e. The monoisotopic (exact) mass is 250 g/mol. The van der Waals surface area contributed by atoms with Crippen molar-refractivity contribution in [1.82, 2.24) is 9.88 Å². The van der Waals surface area contributed by atoms with Gasteiger partial charge >= 0.3 is 0 Å². The van der Waals surface area contributed by atoms with Gasteiger partial charge in [0.05, 0.1) is 0 Å². The van der Waals surface area contributed by atoms with E-state index in [4.69, 9.17) is 4.74 Å². The Bertz CT molecular complexity index is 454. The molecule has 1 N–H and O–H groups in total. The van der Waals surface area contributed by atoms with E-state index in [1.54, 1.807) is 10.6 Å². The van der Waals surface area contributed by atoms with Gasteiger partial charge in [-0.15, -0.1) is 0 Å². The average Bonchev–Trinajstić information content (AvgIpc) is 2.28. The second-order valence-corrected chi connectivity index (χ2v) is 5.81. The Hall–Kier alpha value is -1.29. The number of ether oxygens (including phenoxy) is 1. The first-order valence-corrected chi connectivity index (χ1v) is 6.57. The van der Waals surface area contributed by atoms with Crippen molar-refractivity contribution in [3.05, 3.63) is 28.7 Å². The molecule has 100 valence electrons. The molecular weight excluding hydrogens is 228 g/mol. The second-order valence-electron chi connectivity index (χ2n) is 5.81. The van der Waals surface area contributed by atoms with E-state index in [2.05, 4.69) is 5.32 Å². The third-order valence-electron chi connectivity index (χ3n) is 3.20. The van der Waals surface area contributed by atoms with Gasteiger partial charge in [-0.05, 0) is 52.8 Å². The van der Waals surface area contributed by atoms with Crippen LogP contribution in [0.15, 0.2) is 23.1 Å². The van der Waals surface area contributed by atoms with Crippen LogP contribution in [0.25, 0.3) is 0 Å². The van der Waals surface area contributed by atoms with Crippen molar-refractivity contribution in [1.29, 1.82) is 0 Å². The summed E-state index contributed by atoms with van der Waals surface area (Å²) >= 11 is 0. The minimum absolute atomic E-state index is 0.00562. The Labute approximate surface area is 108 Å². The zero-order valence-electron chi connectivity index (χ0n) is 11.4. The molecule has 0 radical (unpaired) electrons. The molecule has 4 heteroatoms. The molecule has 0 aromatic carbocycles. The maximum absolute atomic E-state index is 12.0. The van der Waals surface area contributed by atoms with Crippen LogP contribution >= 0.6 is 0 Å². The number of rotatable bonds is 2. The highest BCUT2D eigenvalue weighted by Crippen LogP contribution is 2.17. The fourth-order valence-electron chi connectivity index (χ4n) is 2.19. The Morgan fingerprint density at radius 2 is 2.00 bits per heavy atom. The highest BCUT2D eigenvalue weighted by atomic mass is 16.5. The van der Waals surface area contributed by atoms with E-state index in [9.17, 15) is 4.79 Å². The molecule has 2 heterocycles. The Morgan fingerprint density at radius 1 is 1.33 bits per heavy atom. The summed E-state index contributed by atoms with van der Waals surface area (Å²) in [5.41, 5.74) is -0.196. The van der Waals surface area contributed by atoms with Crippen molar-refractivity contribution in [2.24, 2.45) is 0 Å². The minimum atomic E-state index is -0.190. The maximum atomic E-state index is 12.0. The summed E-state index contributed by atoms with van der Waals surface area (Å²) in [6, 6.07) is 3.47. The van der Waals surface area contributed by atoms with Crippen molar-refractivity contribution in [2.45, 2.75) is 45.3 Å². The molecule has 0 aliphatic carbocycles. The van der Waals surface area contributed by atoms with Crippen molar-refractivity contribution < 1.29 is 4.74 Å². The highest BCUT2D eigenvalue weighted by Gasteiger charge is 2.17. The number of aromatic nitrogens is 1. The van der Waals surface area contributed by atoms with Crippen LogP contribution in [-0.2, 0) is 5.54 Å². The first kappa shape index (κ1) is 13.1. The normalized spacial score (nSPS) is 17.7. The van der Waals surface area contributed by atoms with Gasteiger partial charge < -0.3 is 14.6 Å². The minimum Gasteiger partial charge on any atom is -0.490 e. The van der Waals surface area contributed by atoms with Gasteiger partial charge in [0.1, 0.15) is 11.9 Å². The second kappa shape index (κ2) is 5.14. The zero-order chi connectivity index (χ0) is 13.2.